The highest BCUT2D eigenvalue weighted by atomic mass is 14.3. The molecule has 0 spiro atoms. The van der Waals surface area contributed by atoms with E-state index in [1.54, 1.807) is 0 Å². The van der Waals surface area contributed by atoms with Crippen molar-refractivity contribution in [1.82, 2.24) is 0 Å². The zero-order valence-corrected chi connectivity index (χ0v) is 12.1. The maximum atomic E-state index is 4.21. The van der Waals surface area contributed by atoms with Crippen LogP contribution in [0.4, 0.5) is 0 Å². The summed E-state index contributed by atoms with van der Waals surface area (Å²) in [5.41, 5.74) is 7.20. The monoisotopic (exact) mass is 240 g/mol. The molecule has 2 unspecified atom stereocenters. The van der Waals surface area contributed by atoms with E-state index in [9.17, 15) is 0 Å². The van der Waals surface area contributed by atoms with Crippen molar-refractivity contribution in [3.63, 3.8) is 0 Å². The van der Waals surface area contributed by atoms with Crippen LogP contribution >= 0.6 is 0 Å². The molecule has 0 saturated heterocycles. The van der Waals surface area contributed by atoms with Gasteiger partial charge in [-0.3, -0.25) is 0 Å². The van der Waals surface area contributed by atoms with Gasteiger partial charge in [-0.1, -0.05) is 42.0 Å². The molecule has 0 aliphatic heterocycles. The number of hydrogen-bond donors (Lipinski definition) is 0. The SMILES string of the molecule is C=C(C)C1CCC(C)=CC1c1c(C)cccc1C. The molecule has 1 aromatic rings. The van der Waals surface area contributed by atoms with E-state index in [0.29, 0.717) is 11.8 Å². The number of benzene rings is 1. The third-order valence-corrected chi connectivity index (χ3v) is 4.26. The first-order chi connectivity index (χ1) is 8.50. The Morgan fingerprint density at radius 1 is 1.17 bits per heavy atom. The Labute approximate surface area is 111 Å². The lowest BCUT2D eigenvalue weighted by molar-refractivity contribution is 0.480. The summed E-state index contributed by atoms with van der Waals surface area (Å²) in [4.78, 5) is 0. The lowest BCUT2D eigenvalue weighted by Gasteiger charge is -2.32. The van der Waals surface area contributed by atoms with Crippen LogP contribution in [0.2, 0.25) is 0 Å². The van der Waals surface area contributed by atoms with E-state index in [4.69, 9.17) is 0 Å². The van der Waals surface area contributed by atoms with Crippen LogP contribution in [0, 0.1) is 19.8 Å². The predicted octanol–water partition coefficient (Wildman–Crippen LogP) is 5.32. The minimum Gasteiger partial charge on any atom is -0.0998 e. The van der Waals surface area contributed by atoms with Gasteiger partial charge in [-0.05, 0) is 63.1 Å². The predicted molar refractivity (Wildman–Crippen MR) is 80.0 cm³/mol. The summed E-state index contributed by atoms with van der Waals surface area (Å²) in [5, 5.41) is 0. The van der Waals surface area contributed by atoms with Gasteiger partial charge < -0.3 is 0 Å². The minimum absolute atomic E-state index is 0.525. The Morgan fingerprint density at radius 2 is 1.78 bits per heavy atom. The number of hydrogen-bond acceptors (Lipinski definition) is 0. The summed E-state index contributed by atoms with van der Waals surface area (Å²) in [7, 11) is 0. The Balaban J connectivity index is 2.51. The average molecular weight is 240 g/mol. The molecule has 0 bridgehead atoms. The van der Waals surface area contributed by atoms with Crippen LogP contribution in [-0.4, -0.2) is 0 Å². The van der Waals surface area contributed by atoms with Crippen LogP contribution in [0.1, 0.15) is 49.3 Å². The molecule has 0 N–H and O–H groups in total. The molecule has 0 nitrogen and oxygen atoms in total. The van der Waals surface area contributed by atoms with Gasteiger partial charge in [0.25, 0.3) is 0 Å². The number of rotatable bonds is 2. The number of aryl methyl sites for hydroxylation is 2. The van der Waals surface area contributed by atoms with Gasteiger partial charge in [0.2, 0.25) is 0 Å². The fraction of sp³-hybridized carbons (Fsp3) is 0.444. The fourth-order valence-electron chi connectivity index (χ4n) is 3.26. The summed E-state index contributed by atoms with van der Waals surface area (Å²) in [6, 6.07) is 6.62. The van der Waals surface area contributed by atoms with Gasteiger partial charge in [-0.2, -0.15) is 0 Å². The first-order valence-corrected chi connectivity index (χ1v) is 6.89. The second-order valence-electron chi connectivity index (χ2n) is 5.84. The molecule has 0 amide bonds. The van der Waals surface area contributed by atoms with E-state index in [1.807, 2.05) is 0 Å². The Morgan fingerprint density at radius 3 is 2.33 bits per heavy atom. The zero-order valence-electron chi connectivity index (χ0n) is 12.1. The Hall–Kier alpha value is -1.30. The van der Waals surface area contributed by atoms with Gasteiger partial charge in [0.15, 0.2) is 0 Å². The van der Waals surface area contributed by atoms with Crippen molar-refractivity contribution in [3.05, 3.63) is 58.7 Å². The van der Waals surface area contributed by atoms with Crippen LogP contribution in [0.3, 0.4) is 0 Å². The average Bonchev–Trinajstić information content (AvgIpc) is 2.28. The van der Waals surface area contributed by atoms with E-state index in [2.05, 4.69) is 58.5 Å². The second-order valence-corrected chi connectivity index (χ2v) is 5.84. The van der Waals surface area contributed by atoms with Crippen LogP contribution in [0.15, 0.2) is 42.0 Å². The summed E-state index contributed by atoms with van der Waals surface area (Å²) < 4.78 is 0. The molecule has 0 aromatic heterocycles. The highest BCUT2D eigenvalue weighted by Gasteiger charge is 2.27. The van der Waals surface area contributed by atoms with Gasteiger partial charge in [-0.25, -0.2) is 0 Å². The van der Waals surface area contributed by atoms with E-state index in [0.717, 1.165) is 0 Å². The van der Waals surface area contributed by atoms with Crippen LogP contribution in [-0.2, 0) is 0 Å². The van der Waals surface area contributed by atoms with Crippen molar-refractivity contribution in [2.75, 3.05) is 0 Å². The van der Waals surface area contributed by atoms with E-state index in [-0.39, 0.29) is 0 Å². The Kier molecular flexibility index (Phi) is 3.75. The third kappa shape index (κ3) is 2.43. The smallest absolute Gasteiger partial charge is 0.00911 e. The Bertz CT molecular complexity index is 471. The summed E-state index contributed by atoms with van der Waals surface area (Å²) in [5.74, 6) is 1.13. The molecule has 0 fully saturated rings. The fourth-order valence-corrected chi connectivity index (χ4v) is 3.26. The summed E-state index contributed by atoms with van der Waals surface area (Å²) >= 11 is 0. The van der Waals surface area contributed by atoms with Gasteiger partial charge in [0.05, 0.1) is 0 Å². The lowest BCUT2D eigenvalue weighted by atomic mass is 9.72. The molecule has 0 heterocycles. The molecular weight excluding hydrogens is 216 g/mol. The van der Waals surface area contributed by atoms with Crippen LogP contribution in [0.5, 0.6) is 0 Å². The maximum Gasteiger partial charge on any atom is 0.00911 e. The van der Waals surface area contributed by atoms with Gasteiger partial charge >= 0.3 is 0 Å². The standard InChI is InChI=1S/C18H24/c1-12(2)16-10-9-13(3)11-17(16)18-14(4)7-6-8-15(18)5/h6-8,11,16-17H,1,9-10H2,2-5H3. The van der Waals surface area contributed by atoms with Gasteiger partial charge in [0.1, 0.15) is 0 Å². The largest absolute Gasteiger partial charge is 0.0998 e. The molecule has 0 saturated carbocycles. The van der Waals surface area contributed by atoms with E-state index < -0.39 is 0 Å². The summed E-state index contributed by atoms with van der Waals surface area (Å²) in [6.07, 6.45) is 4.94. The first-order valence-electron chi connectivity index (χ1n) is 6.89. The van der Waals surface area contributed by atoms with Crippen molar-refractivity contribution >= 4 is 0 Å². The number of allylic oxidation sites excluding steroid dienone is 3. The van der Waals surface area contributed by atoms with Crippen molar-refractivity contribution in [1.29, 1.82) is 0 Å². The molecule has 1 aromatic carbocycles. The molecule has 2 atom stereocenters. The maximum absolute atomic E-state index is 4.21. The molecule has 96 valence electrons. The second kappa shape index (κ2) is 5.14. The summed E-state index contributed by atoms with van der Waals surface area (Å²) in [6.45, 7) is 13.1. The lowest BCUT2D eigenvalue weighted by Crippen LogP contribution is -2.18. The van der Waals surface area contributed by atoms with Gasteiger partial charge in [0, 0.05) is 5.92 Å². The normalized spacial score (nSPS) is 23.7. The topological polar surface area (TPSA) is 0 Å². The van der Waals surface area contributed by atoms with Crippen LogP contribution < -0.4 is 0 Å². The van der Waals surface area contributed by atoms with E-state index >= 15 is 0 Å². The highest BCUT2D eigenvalue weighted by Crippen LogP contribution is 2.41. The highest BCUT2D eigenvalue weighted by molar-refractivity contribution is 5.41. The van der Waals surface area contributed by atoms with E-state index in [1.165, 1.54) is 40.7 Å². The first kappa shape index (κ1) is 13.1. The molecule has 0 radical (unpaired) electrons. The van der Waals surface area contributed by atoms with Gasteiger partial charge in [-0.15, -0.1) is 0 Å². The molecule has 1 aliphatic carbocycles. The van der Waals surface area contributed by atoms with Crippen molar-refractivity contribution < 1.29 is 0 Å². The molecular formula is C18H24. The molecule has 2 rings (SSSR count). The molecule has 0 heteroatoms. The quantitative estimate of drug-likeness (QED) is 0.614. The van der Waals surface area contributed by atoms with Crippen molar-refractivity contribution in [2.24, 2.45) is 5.92 Å². The molecule has 1 aliphatic rings. The van der Waals surface area contributed by atoms with Crippen LogP contribution in [0.25, 0.3) is 0 Å². The zero-order chi connectivity index (χ0) is 13.3. The third-order valence-electron chi connectivity index (χ3n) is 4.26. The van der Waals surface area contributed by atoms with Crippen molar-refractivity contribution in [2.45, 2.75) is 46.5 Å². The van der Waals surface area contributed by atoms with Crippen molar-refractivity contribution in [3.8, 4) is 0 Å². The molecule has 18 heavy (non-hydrogen) atoms. The minimum atomic E-state index is 0.525.